The maximum Gasteiger partial charge on any atom is 0.259 e. The van der Waals surface area contributed by atoms with Crippen molar-refractivity contribution in [2.45, 2.75) is 33.1 Å². The fourth-order valence-corrected chi connectivity index (χ4v) is 7.57. The number of halogens is 2. The van der Waals surface area contributed by atoms with E-state index in [4.69, 9.17) is 11.6 Å². The second kappa shape index (κ2) is 8.84. The molecular weight excluding hydrogens is 540 g/mol. The van der Waals surface area contributed by atoms with Crippen LogP contribution in [-0.4, -0.2) is 29.3 Å². The number of carbonyl (C=O) groups excluding carboxylic acids is 3. The molecule has 3 fully saturated rings. The zero-order valence-electron chi connectivity index (χ0n) is 20.3. The van der Waals surface area contributed by atoms with Crippen molar-refractivity contribution in [2.24, 2.45) is 35.5 Å². The minimum absolute atomic E-state index is 0.0808. The number of nitrogens with zero attached hydrogens (tertiary/aromatic N) is 2. The van der Waals surface area contributed by atoms with Crippen molar-refractivity contribution < 1.29 is 14.4 Å². The lowest BCUT2D eigenvalue weighted by atomic mass is 9.63. The van der Waals surface area contributed by atoms with Gasteiger partial charge in [-0.25, -0.2) is 0 Å². The van der Waals surface area contributed by atoms with Crippen LogP contribution in [-0.2, 0) is 22.4 Å². The number of imide groups is 1. The van der Waals surface area contributed by atoms with Gasteiger partial charge in [0.25, 0.3) is 5.91 Å². The van der Waals surface area contributed by atoms with Crippen LogP contribution >= 0.6 is 27.5 Å². The molecule has 5 aliphatic rings. The number of aryl methyl sites for hydroxylation is 2. The van der Waals surface area contributed by atoms with Gasteiger partial charge in [0.1, 0.15) is 6.67 Å². The summed E-state index contributed by atoms with van der Waals surface area (Å²) >= 11 is 9.69. The van der Waals surface area contributed by atoms with Crippen LogP contribution < -0.4 is 4.90 Å². The Hall–Kier alpha value is -2.44. The van der Waals surface area contributed by atoms with E-state index in [9.17, 15) is 14.4 Å². The van der Waals surface area contributed by atoms with E-state index in [2.05, 4.69) is 28.1 Å². The monoisotopic (exact) mass is 566 g/mol. The lowest BCUT2D eigenvalue weighted by Gasteiger charge is -2.37. The van der Waals surface area contributed by atoms with Crippen molar-refractivity contribution >= 4 is 50.9 Å². The van der Waals surface area contributed by atoms with Gasteiger partial charge in [0, 0.05) is 15.1 Å². The third-order valence-corrected chi connectivity index (χ3v) is 9.35. The van der Waals surface area contributed by atoms with Crippen LogP contribution in [0, 0.1) is 35.5 Å². The first-order valence-electron chi connectivity index (χ1n) is 12.8. The highest BCUT2D eigenvalue weighted by atomic mass is 79.9. The predicted octanol–water partition coefficient (Wildman–Crippen LogP) is 5.88. The summed E-state index contributed by atoms with van der Waals surface area (Å²) in [6.07, 6.45) is 6.87. The van der Waals surface area contributed by atoms with Gasteiger partial charge in [0.2, 0.25) is 11.8 Å². The molecule has 2 saturated carbocycles. The maximum absolute atomic E-state index is 14.0. The molecule has 7 rings (SSSR count). The summed E-state index contributed by atoms with van der Waals surface area (Å²) in [7, 11) is 0. The maximum atomic E-state index is 14.0. The number of rotatable bonds is 6. The summed E-state index contributed by atoms with van der Waals surface area (Å²) in [5.41, 5.74) is 3.22. The summed E-state index contributed by atoms with van der Waals surface area (Å²) in [5, 5.41) is 0.542. The Kier molecular flexibility index (Phi) is 5.88. The Bertz CT molecular complexity index is 1250. The molecule has 2 bridgehead atoms. The highest BCUT2D eigenvalue weighted by molar-refractivity contribution is 9.10. The topological polar surface area (TPSA) is 57.7 Å². The number of hydrogen-bond acceptors (Lipinski definition) is 3. The Labute approximate surface area is 224 Å². The first-order chi connectivity index (χ1) is 17.3. The zero-order valence-corrected chi connectivity index (χ0v) is 22.6. The fourth-order valence-electron chi connectivity index (χ4n) is 6.89. The van der Waals surface area contributed by atoms with Crippen LogP contribution in [0.4, 0.5) is 5.69 Å². The van der Waals surface area contributed by atoms with Crippen molar-refractivity contribution in [1.29, 1.82) is 0 Å². The summed E-state index contributed by atoms with van der Waals surface area (Å²) in [6, 6.07) is 10.8. The van der Waals surface area contributed by atoms with Crippen LogP contribution in [0.3, 0.4) is 0 Å². The number of anilines is 1. The van der Waals surface area contributed by atoms with Gasteiger partial charge in [-0.2, -0.15) is 0 Å². The molecule has 0 N–H and O–H groups in total. The zero-order chi connectivity index (χ0) is 25.3. The summed E-state index contributed by atoms with van der Waals surface area (Å²) < 4.78 is 0.945. The number of benzene rings is 2. The van der Waals surface area contributed by atoms with E-state index in [-0.39, 0.29) is 48.1 Å². The molecule has 6 atom stereocenters. The lowest BCUT2D eigenvalue weighted by molar-refractivity contribution is -0.140. The molecule has 1 saturated heterocycles. The minimum atomic E-state index is -0.287. The van der Waals surface area contributed by atoms with Crippen LogP contribution in [0.2, 0.25) is 5.02 Å². The molecule has 4 aliphatic carbocycles. The van der Waals surface area contributed by atoms with E-state index in [1.54, 1.807) is 29.2 Å². The molecule has 1 aliphatic heterocycles. The fraction of sp³-hybridized carbons (Fsp3) is 0.414. The van der Waals surface area contributed by atoms with Crippen molar-refractivity contribution in [2.75, 3.05) is 11.6 Å². The summed E-state index contributed by atoms with van der Waals surface area (Å²) in [5.74, 6) is 0.291. The van der Waals surface area contributed by atoms with Crippen LogP contribution in [0.25, 0.3) is 0 Å². The average Bonchev–Trinajstić information content (AvgIpc) is 3.67. The van der Waals surface area contributed by atoms with E-state index in [1.165, 1.54) is 4.90 Å². The normalized spacial score (nSPS) is 29.4. The van der Waals surface area contributed by atoms with Gasteiger partial charge < -0.3 is 0 Å². The predicted molar refractivity (Wildman–Crippen MR) is 143 cm³/mol. The average molecular weight is 568 g/mol. The highest BCUT2D eigenvalue weighted by Crippen LogP contribution is 2.65. The molecule has 0 aromatic heterocycles. The number of carbonyl (C=O) groups is 3. The van der Waals surface area contributed by atoms with E-state index in [1.807, 2.05) is 26.0 Å². The second-order valence-electron chi connectivity index (χ2n) is 10.4. The summed E-state index contributed by atoms with van der Waals surface area (Å²) in [4.78, 5) is 44.5. The van der Waals surface area contributed by atoms with Crippen LogP contribution in [0.15, 0.2) is 53.0 Å². The van der Waals surface area contributed by atoms with Gasteiger partial charge in [-0.3, -0.25) is 24.2 Å². The highest BCUT2D eigenvalue weighted by Gasteiger charge is 2.67. The molecule has 36 heavy (non-hydrogen) atoms. The van der Waals surface area contributed by atoms with Gasteiger partial charge in [0.15, 0.2) is 0 Å². The molecule has 5 nitrogen and oxygen atoms in total. The number of hydrogen-bond donors (Lipinski definition) is 0. The van der Waals surface area contributed by atoms with Gasteiger partial charge >= 0.3 is 0 Å². The smallest absolute Gasteiger partial charge is 0.259 e. The molecule has 3 amide bonds. The third-order valence-electron chi connectivity index (χ3n) is 8.64. The molecule has 7 heteroatoms. The largest absolute Gasteiger partial charge is 0.289 e. The van der Waals surface area contributed by atoms with E-state index in [0.29, 0.717) is 35.3 Å². The SMILES string of the molecule is CCc1cc(Br)cc(CC)c1N(CN1C(=O)C2C3C=CC(C4CC34)C2C1=O)C(=O)c1ccc(Cl)cc1. The Morgan fingerprint density at radius 3 is 2.00 bits per heavy atom. The molecular formula is C29H28BrClN2O3. The quantitative estimate of drug-likeness (QED) is 0.323. The Balaban J connectivity index is 1.41. The van der Waals surface area contributed by atoms with Crippen molar-refractivity contribution in [3.8, 4) is 0 Å². The summed E-state index contributed by atoms with van der Waals surface area (Å²) in [6.45, 7) is 4.01. The van der Waals surface area contributed by atoms with Gasteiger partial charge in [-0.05, 0) is 90.5 Å². The van der Waals surface area contributed by atoms with Crippen LogP contribution in [0.1, 0.15) is 41.8 Å². The van der Waals surface area contributed by atoms with Crippen molar-refractivity contribution in [3.63, 3.8) is 0 Å². The third kappa shape index (κ3) is 3.59. The number of likely N-dealkylation sites (tertiary alicyclic amines) is 1. The molecule has 6 unspecified atom stereocenters. The number of amides is 3. The Morgan fingerprint density at radius 2 is 1.50 bits per heavy atom. The van der Waals surface area contributed by atoms with E-state index >= 15 is 0 Å². The van der Waals surface area contributed by atoms with Crippen molar-refractivity contribution in [1.82, 2.24) is 4.90 Å². The molecule has 2 aromatic rings. The van der Waals surface area contributed by atoms with E-state index < -0.39 is 0 Å². The van der Waals surface area contributed by atoms with Gasteiger partial charge in [-0.1, -0.05) is 53.5 Å². The first-order valence-corrected chi connectivity index (χ1v) is 13.9. The number of allylic oxidation sites excluding steroid dienone is 2. The molecule has 1 heterocycles. The van der Waals surface area contributed by atoms with Gasteiger partial charge in [0.05, 0.1) is 17.5 Å². The molecule has 0 radical (unpaired) electrons. The standard InChI is InChI=1S/C29H28BrClN2O3/c1-3-15-11-18(30)12-16(4-2)26(15)32(27(34)17-5-7-19(31)8-6-17)14-33-28(35)24-20-9-10-21(23-13-22(20)23)25(24)29(33)36/h5-12,20-25H,3-4,13-14H2,1-2H3. The van der Waals surface area contributed by atoms with Crippen LogP contribution in [0.5, 0.6) is 0 Å². The van der Waals surface area contributed by atoms with Crippen molar-refractivity contribution in [3.05, 3.63) is 74.7 Å². The van der Waals surface area contributed by atoms with E-state index in [0.717, 1.165) is 27.7 Å². The molecule has 186 valence electrons. The molecule has 0 spiro atoms. The minimum Gasteiger partial charge on any atom is -0.289 e. The first kappa shape index (κ1) is 23.9. The lowest BCUT2D eigenvalue weighted by Crippen LogP contribution is -2.46. The van der Waals surface area contributed by atoms with Gasteiger partial charge in [-0.15, -0.1) is 0 Å². The molecule has 2 aromatic carbocycles. The second-order valence-corrected chi connectivity index (χ2v) is 11.8. The Morgan fingerprint density at radius 1 is 0.972 bits per heavy atom.